The number of anilines is 3. The highest BCUT2D eigenvalue weighted by Gasteiger charge is 2.22. The zero-order chi connectivity index (χ0) is 30.8. The van der Waals surface area contributed by atoms with Crippen LogP contribution >= 0.6 is 0 Å². The lowest BCUT2D eigenvalue weighted by molar-refractivity contribution is -0.140. The van der Waals surface area contributed by atoms with Gasteiger partial charge in [-0.25, -0.2) is 12.4 Å². The number of fused-ring (bicyclic) bond motifs is 1. The number of esters is 1. The summed E-state index contributed by atoms with van der Waals surface area (Å²) in [5.41, 5.74) is 1.81. The van der Waals surface area contributed by atoms with Crippen molar-refractivity contribution in [2.24, 2.45) is 0 Å². The highest BCUT2D eigenvalue weighted by Crippen LogP contribution is 2.30. The van der Waals surface area contributed by atoms with E-state index in [0.717, 1.165) is 62.8 Å². The lowest BCUT2D eigenvalue weighted by Crippen LogP contribution is -2.23. The summed E-state index contributed by atoms with van der Waals surface area (Å²) in [6, 6.07) is 18.7. The molecule has 2 N–H and O–H groups in total. The summed E-state index contributed by atoms with van der Waals surface area (Å²) < 4.78 is 38.8. The van der Waals surface area contributed by atoms with Gasteiger partial charge >= 0.3 is 5.97 Å². The number of nitrogens with one attached hydrogen (secondary N) is 2. The van der Waals surface area contributed by atoms with E-state index in [4.69, 9.17) is 9.72 Å². The monoisotopic (exact) mass is 619 g/mol. The molecule has 4 aromatic rings. The molecule has 0 amide bonds. The van der Waals surface area contributed by atoms with Crippen molar-refractivity contribution in [2.45, 2.75) is 76.0 Å². The summed E-state index contributed by atoms with van der Waals surface area (Å²) in [5, 5.41) is 7.51. The molecule has 1 fully saturated rings. The number of carbonyl (C=O) groups excluding carboxylic acids is 1. The predicted molar refractivity (Wildman–Crippen MR) is 173 cm³/mol. The number of hydrogen-bond acceptors (Lipinski definition) is 9. The van der Waals surface area contributed by atoms with Crippen LogP contribution in [0.3, 0.4) is 0 Å². The summed E-state index contributed by atoms with van der Waals surface area (Å²) in [6.45, 7) is 0.593. The maximum Gasteiger partial charge on any atom is 0.305 e. The average Bonchev–Trinajstić information content (AvgIpc) is 3.47. The van der Waals surface area contributed by atoms with E-state index in [0.29, 0.717) is 41.4 Å². The topological polar surface area (TPSA) is 124 Å². The van der Waals surface area contributed by atoms with Gasteiger partial charge in [-0.05, 0) is 61.6 Å². The van der Waals surface area contributed by atoms with E-state index >= 15 is 0 Å². The first-order valence-electron chi connectivity index (χ1n) is 15.4. The molecule has 44 heavy (non-hydrogen) atoms. The zero-order valence-corrected chi connectivity index (χ0v) is 26.0. The lowest BCUT2D eigenvalue weighted by Gasteiger charge is -2.24. The fourth-order valence-corrected chi connectivity index (χ4v) is 6.86. The molecule has 234 valence electrons. The Morgan fingerprint density at radius 2 is 1.68 bits per heavy atom. The number of rotatable bonds is 15. The molecular formula is C33H41N5O5S. The molecule has 2 aromatic carbocycles. The minimum absolute atomic E-state index is 0.134. The predicted octanol–water partition coefficient (Wildman–Crippen LogP) is 6.80. The first-order valence-corrected chi connectivity index (χ1v) is 17.0. The minimum Gasteiger partial charge on any atom is -0.494 e. The molecule has 0 saturated heterocycles. The van der Waals surface area contributed by atoms with E-state index in [1.165, 1.54) is 17.5 Å². The smallest absolute Gasteiger partial charge is 0.305 e. The molecule has 11 heteroatoms. The Labute approximate surface area is 259 Å². The lowest BCUT2D eigenvalue weighted by atomic mass is 9.95. The van der Waals surface area contributed by atoms with Gasteiger partial charge in [0.1, 0.15) is 11.6 Å². The van der Waals surface area contributed by atoms with Crippen LogP contribution in [0.5, 0.6) is 5.75 Å². The van der Waals surface area contributed by atoms with Crippen molar-refractivity contribution in [1.29, 1.82) is 0 Å². The summed E-state index contributed by atoms with van der Waals surface area (Å²) >= 11 is 0. The number of ether oxygens (including phenoxy) is 2. The number of aromatic nitrogens is 3. The highest BCUT2D eigenvalue weighted by atomic mass is 32.2. The van der Waals surface area contributed by atoms with Crippen LogP contribution in [0.15, 0.2) is 66.9 Å². The van der Waals surface area contributed by atoms with Crippen LogP contribution in [0.1, 0.15) is 69.8 Å². The maximum absolute atomic E-state index is 13.5. The van der Waals surface area contributed by atoms with Gasteiger partial charge in [0.05, 0.1) is 24.9 Å². The Kier molecular flexibility index (Phi) is 10.7. The number of nitrogens with zero attached hydrogens (tertiary/aromatic N) is 3. The van der Waals surface area contributed by atoms with Crippen LogP contribution in [-0.2, 0) is 25.3 Å². The third kappa shape index (κ3) is 8.49. The largest absolute Gasteiger partial charge is 0.494 e. The number of hydrogen-bond donors (Lipinski definition) is 2. The third-order valence-corrected chi connectivity index (χ3v) is 9.42. The minimum atomic E-state index is -3.73. The average molecular weight is 620 g/mol. The van der Waals surface area contributed by atoms with Crippen molar-refractivity contribution in [2.75, 3.05) is 24.4 Å². The van der Waals surface area contributed by atoms with E-state index < -0.39 is 10.0 Å². The van der Waals surface area contributed by atoms with Crippen LogP contribution in [0.4, 0.5) is 17.5 Å². The van der Waals surface area contributed by atoms with Crippen LogP contribution in [0, 0.1) is 0 Å². The van der Waals surface area contributed by atoms with E-state index in [1.54, 1.807) is 12.3 Å². The standard InChI is InChI=1S/C33H41N5O5S/c1-42-30(39)16-10-2-3-11-23-43-28-19-17-27(18-20-28)35-33-36-31(34-26-14-8-5-9-15-26)29-21-22-38(32(29)37-33)44(40,41)24-25-12-6-4-7-13-25/h4,6-7,12-13,17-22,26H,2-3,5,8-11,14-16,23-24H2,1H3,(H2,34,35,36,37). The van der Waals surface area contributed by atoms with Crippen molar-refractivity contribution in [3.8, 4) is 5.75 Å². The Hall–Kier alpha value is -4.12. The molecule has 0 atom stereocenters. The molecule has 2 aromatic heterocycles. The van der Waals surface area contributed by atoms with Gasteiger partial charge < -0.3 is 20.1 Å². The molecule has 5 rings (SSSR count). The van der Waals surface area contributed by atoms with Crippen molar-refractivity contribution in [3.63, 3.8) is 0 Å². The Morgan fingerprint density at radius 3 is 2.43 bits per heavy atom. The van der Waals surface area contributed by atoms with Crippen LogP contribution in [0.2, 0.25) is 0 Å². The second kappa shape index (κ2) is 15.1. The van der Waals surface area contributed by atoms with Crippen LogP contribution in [0.25, 0.3) is 11.0 Å². The number of unbranched alkanes of at least 4 members (excludes halogenated alkanes) is 3. The summed E-state index contributed by atoms with van der Waals surface area (Å²) in [5.74, 6) is 1.39. The molecule has 0 spiro atoms. The molecule has 0 unspecified atom stereocenters. The Morgan fingerprint density at radius 1 is 0.932 bits per heavy atom. The van der Waals surface area contributed by atoms with Crippen molar-refractivity contribution < 1.29 is 22.7 Å². The summed E-state index contributed by atoms with van der Waals surface area (Å²) in [6.07, 6.45) is 11.3. The van der Waals surface area contributed by atoms with Crippen molar-refractivity contribution in [1.82, 2.24) is 13.9 Å². The van der Waals surface area contributed by atoms with Crippen LogP contribution in [-0.4, -0.2) is 48.1 Å². The number of carbonyl (C=O) groups is 1. The van der Waals surface area contributed by atoms with Gasteiger partial charge in [0, 0.05) is 24.3 Å². The molecular weight excluding hydrogens is 578 g/mol. The van der Waals surface area contributed by atoms with Gasteiger partial charge in [-0.2, -0.15) is 9.97 Å². The van der Waals surface area contributed by atoms with Crippen molar-refractivity contribution >= 4 is 44.5 Å². The highest BCUT2D eigenvalue weighted by molar-refractivity contribution is 7.89. The molecule has 0 aliphatic heterocycles. The second-order valence-corrected chi connectivity index (χ2v) is 13.0. The Balaban J connectivity index is 1.29. The van der Waals surface area contributed by atoms with Gasteiger partial charge in [0.15, 0.2) is 5.65 Å². The van der Waals surface area contributed by atoms with Gasteiger partial charge in [-0.3, -0.25) is 4.79 Å². The number of benzene rings is 2. The van der Waals surface area contributed by atoms with Gasteiger partial charge in [-0.15, -0.1) is 0 Å². The molecule has 1 saturated carbocycles. The van der Waals surface area contributed by atoms with Crippen LogP contribution < -0.4 is 15.4 Å². The van der Waals surface area contributed by atoms with E-state index in [2.05, 4.69) is 20.4 Å². The van der Waals surface area contributed by atoms with Gasteiger partial charge in [0.2, 0.25) is 16.0 Å². The Bertz CT molecular complexity index is 1620. The van der Waals surface area contributed by atoms with Gasteiger partial charge in [-0.1, -0.05) is 62.4 Å². The first-order chi connectivity index (χ1) is 21.4. The molecule has 10 nitrogen and oxygen atoms in total. The SMILES string of the molecule is COC(=O)CCCCCCOc1ccc(Nc2nc(NC3CCCCC3)c3ccn(S(=O)(=O)Cc4ccccc4)c3n2)cc1. The zero-order valence-electron chi connectivity index (χ0n) is 25.2. The molecule has 1 aliphatic carbocycles. The fourth-order valence-electron chi connectivity index (χ4n) is 5.46. The maximum atomic E-state index is 13.5. The van der Waals surface area contributed by atoms with Gasteiger partial charge in [0.25, 0.3) is 0 Å². The fraction of sp³-hybridized carbons (Fsp3) is 0.424. The van der Waals surface area contributed by atoms with E-state index in [9.17, 15) is 13.2 Å². The molecule has 0 radical (unpaired) electrons. The third-order valence-electron chi connectivity index (χ3n) is 7.83. The summed E-state index contributed by atoms with van der Waals surface area (Å²) in [4.78, 5) is 20.7. The van der Waals surface area contributed by atoms with E-state index in [1.807, 2.05) is 54.6 Å². The second-order valence-electron chi connectivity index (χ2n) is 11.2. The molecule has 0 bridgehead atoms. The molecule has 2 heterocycles. The molecule has 1 aliphatic rings. The van der Waals surface area contributed by atoms with Crippen molar-refractivity contribution in [3.05, 3.63) is 72.4 Å². The summed E-state index contributed by atoms with van der Waals surface area (Å²) in [7, 11) is -2.32. The number of methoxy groups -OCH3 is 1. The first kappa shape index (κ1) is 31.3. The quantitative estimate of drug-likeness (QED) is 0.109. The normalized spacial score (nSPS) is 13.9. The van der Waals surface area contributed by atoms with E-state index in [-0.39, 0.29) is 17.8 Å².